The van der Waals surface area contributed by atoms with Gasteiger partial charge in [0, 0.05) is 11.9 Å². The smallest absolute Gasteiger partial charge is 0.258 e. The van der Waals surface area contributed by atoms with Crippen molar-refractivity contribution in [2.45, 2.75) is 11.3 Å². The summed E-state index contributed by atoms with van der Waals surface area (Å²) >= 11 is 5.40. The molecule has 0 aliphatic heterocycles. The van der Waals surface area contributed by atoms with E-state index >= 15 is 0 Å². The molecular formula is C9H10ClNO4S. The van der Waals surface area contributed by atoms with Gasteiger partial charge >= 0.3 is 0 Å². The van der Waals surface area contributed by atoms with Gasteiger partial charge in [-0.1, -0.05) is 12.1 Å². The van der Waals surface area contributed by atoms with Crippen LogP contribution in [0.5, 0.6) is 0 Å². The van der Waals surface area contributed by atoms with Crippen LogP contribution in [0, 0.1) is 10.1 Å². The Kier molecular flexibility index (Phi) is 4.26. The Morgan fingerprint density at radius 2 is 1.94 bits per heavy atom. The Balaban J connectivity index is 3.17. The summed E-state index contributed by atoms with van der Waals surface area (Å²) in [6, 6.07) is 5.30. The molecule has 88 valence electrons. The minimum absolute atomic E-state index is 0.179. The Morgan fingerprint density at radius 3 is 2.50 bits per heavy atom. The molecule has 5 nitrogen and oxygen atoms in total. The average Bonchev–Trinajstić information content (AvgIpc) is 2.26. The topological polar surface area (TPSA) is 77.3 Å². The number of para-hydroxylation sites is 1. The molecule has 1 rings (SSSR count). The number of nitro groups is 1. The zero-order valence-electron chi connectivity index (χ0n) is 8.30. The number of halogens is 1. The minimum atomic E-state index is -3.62. The van der Waals surface area contributed by atoms with E-state index in [0.29, 0.717) is 0 Å². The van der Waals surface area contributed by atoms with Gasteiger partial charge in [0.15, 0.2) is 9.84 Å². The summed E-state index contributed by atoms with van der Waals surface area (Å²) in [6.45, 7) is 0. The number of benzene rings is 1. The lowest BCUT2D eigenvalue weighted by atomic mass is 10.3. The molecule has 0 heterocycles. The number of alkyl halides is 1. The molecule has 0 saturated heterocycles. The van der Waals surface area contributed by atoms with Gasteiger partial charge in [0.2, 0.25) is 0 Å². The van der Waals surface area contributed by atoms with E-state index in [4.69, 9.17) is 11.6 Å². The van der Waals surface area contributed by atoms with E-state index in [-0.39, 0.29) is 22.9 Å². The third-order valence-electron chi connectivity index (χ3n) is 1.94. The monoisotopic (exact) mass is 263 g/mol. The van der Waals surface area contributed by atoms with Crippen LogP contribution in [0.2, 0.25) is 0 Å². The number of nitrogens with zero attached hydrogens (tertiary/aromatic N) is 1. The summed E-state index contributed by atoms with van der Waals surface area (Å²) in [4.78, 5) is 9.71. The third kappa shape index (κ3) is 2.93. The van der Waals surface area contributed by atoms with Crippen LogP contribution in [0.15, 0.2) is 29.2 Å². The summed E-state index contributed by atoms with van der Waals surface area (Å²) < 4.78 is 23.5. The van der Waals surface area contributed by atoms with Crippen molar-refractivity contribution in [3.63, 3.8) is 0 Å². The van der Waals surface area contributed by atoms with Crippen LogP contribution in [-0.2, 0) is 9.84 Å². The van der Waals surface area contributed by atoms with E-state index in [0.717, 1.165) is 0 Å². The first-order chi connectivity index (χ1) is 7.49. The Bertz CT molecular complexity index is 486. The van der Waals surface area contributed by atoms with Crippen LogP contribution >= 0.6 is 11.6 Å². The van der Waals surface area contributed by atoms with Crippen molar-refractivity contribution in [3.05, 3.63) is 34.4 Å². The van der Waals surface area contributed by atoms with Gasteiger partial charge in [0.05, 0.1) is 10.7 Å². The van der Waals surface area contributed by atoms with Gasteiger partial charge in [-0.3, -0.25) is 10.1 Å². The fraction of sp³-hybridized carbons (Fsp3) is 0.333. The van der Waals surface area contributed by atoms with Crippen LogP contribution in [-0.4, -0.2) is 25.0 Å². The number of hydrogen-bond acceptors (Lipinski definition) is 4. The van der Waals surface area contributed by atoms with Crippen molar-refractivity contribution in [2.24, 2.45) is 0 Å². The molecule has 0 amide bonds. The van der Waals surface area contributed by atoms with Gasteiger partial charge in [-0.2, -0.15) is 0 Å². The fourth-order valence-electron chi connectivity index (χ4n) is 1.23. The highest BCUT2D eigenvalue weighted by Gasteiger charge is 2.24. The largest absolute Gasteiger partial charge is 0.287 e. The second-order valence-electron chi connectivity index (χ2n) is 3.09. The highest BCUT2D eigenvalue weighted by atomic mass is 35.5. The van der Waals surface area contributed by atoms with Gasteiger partial charge in [0.1, 0.15) is 4.90 Å². The summed E-state index contributed by atoms with van der Waals surface area (Å²) in [7, 11) is -3.62. The van der Waals surface area contributed by atoms with Crippen LogP contribution in [0.25, 0.3) is 0 Å². The maximum Gasteiger partial charge on any atom is 0.287 e. The molecular weight excluding hydrogens is 254 g/mol. The predicted octanol–water partition coefficient (Wildman–Crippen LogP) is 2.00. The van der Waals surface area contributed by atoms with Crippen molar-refractivity contribution in [2.75, 3.05) is 11.6 Å². The summed E-state index contributed by atoms with van der Waals surface area (Å²) in [6.07, 6.45) is 0.274. The highest BCUT2D eigenvalue weighted by Crippen LogP contribution is 2.24. The molecule has 1 aromatic rings. The van der Waals surface area contributed by atoms with Crippen molar-refractivity contribution >= 4 is 27.1 Å². The lowest BCUT2D eigenvalue weighted by Gasteiger charge is -2.03. The molecule has 0 fully saturated rings. The molecule has 0 bridgehead atoms. The molecule has 0 saturated carbocycles. The maximum atomic E-state index is 11.8. The van der Waals surface area contributed by atoms with Crippen molar-refractivity contribution in [3.8, 4) is 0 Å². The standard InChI is InChI=1S/C9H10ClNO4S/c10-6-3-7-16(14,15)9-5-2-1-4-8(9)11(12)13/h1-2,4-5H,3,6-7H2. The van der Waals surface area contributed by atoms with E-state index in [2.05, 4.69) is 0 Å². The molecule has 0 aliphatic carbocycles. The lowest BCUT2D eigenvalue weighted by molar-refractivity contribution is -0.387. The lowest BCUT2D eigenvalue weighted by Crippen LogP contribution is -2.09. The number of sulfone groups is 1. The summed E-state index contributed by atoms with van der Waals surface area (Å²) in [5.41, 5.74) is -0.392. The Hall–Kier alpha value is -1.14. The highest BCUT2D eigenvalue weighted by molar-refractivity contribution is 7.91. The molecule has 0 spiro atoms. The first kappa shape index (κ1) is 12.9. The summed E-state index contributed by atoms with van der Waals surface area (Å²) in [5, 5.41) is 10.7. The van der Waals surface area contributed by atoms with Gasteiger partial charge in [0.25, 0.3) is 5.69 Å². The quantitative estimate of drug-likeness (QED) is 0.462. The second kappa shape index (κ2) is 5.27. The number of hydrogen-bond donors (Lipinski definition) is 0. The fourth-order valence-corrected chi connectivity index (χ4v) is 3.01. The van der Waals surface area contributed by atoms with Gasteiger partial charge in [-0.15, -0.1) is 11.6 Å². The predicted molar refractivity (Wildman–Crippen MR) is 60.5 cm³/mol. The molecule has 7 heteroatoms. The zero-order chi connectivity index (χ0) is 12.2. The first-order valence-electron chi connectivity index (χ1n) is 4.51. The number of rotatable bonds is 5. The molecule has 0 aromatic heterocycles. The maximum absolute atomic E-state index is 11.8. The van der Waals surface area contributed by atoms with Gasteiger partial charge in [-0.25, -0.2) is 8.42 Å². The van der Waals surface area contributed by atoms with Crippen molar-refractivity contribution < 1.29 is 13.3 Å². The van der Waals surface area contributed by atoms with Crippen molar-refractivity contribution in [1.82, 2.24) is 0 Å². The van der Waals surface area contributed by atoms with Crippen LogP contribution in [0.4, 0.5) is 5.69 Å². The Morgan fingerprint density at radius 1 is 1.31 bits per heavy atom. The molecule has 0 radical (unpaired) electrons. The van der Waals surface area contributed by atoms with Crippen LogP contribution in [0.3, 0.4) is 0 Å². The first-order valence-corrected chi connectivity index (χ1v) is 6.70. The molecule has 1 aromatic carbocycles. The number of nitro benzene ring substituents is 1. The van der Waals surface area contributed by atoms with Gasteiger partial charge in [-0.05, 0) is 12.5 Å². The second-order valence-corrected chi connectivity index (χ2v) is 5.54. The SMILES string of the molecule is O=[N+]([O-])c1ccccc1S(=O)(=O)CCCCl. The van der Waals surface area contributed by atoms with Gasteiger partial charge < -0.3 is 0 Å². The summed E-state index contributed by atoms with van der Waals surface area (Å²) in [5.74, 6) is 0.0290. The van der Waals surface area contributed by atoms with Crippen molar-refractivity contribution in [1.29, 1.82) is 0 Å². The van der Waals surface area contributed by atoms with Crippen LogP contribution < -0.4 is 0 Å². The van der Waals surface area contributed by atoms with Crippen LogP contribution in [0.1, 0.15) is 6.42 Å². The van der Waals surface area contributed by atoms with E-state index in [1.54, 1.807) is 0 Å². The molecule has 0 N–H and O–H groups in total. The molecule has 0 aliphatic rings. The third-order valence-corrected chi connectivity index (χ3v) is 4.05. The van der Waals surface area contributed by atoms with E-state index in [9.17, 15) is 18.5 Å². The van der Waals surface area contributed by atoms with E-state index in [1.165, 1.54) is 24.3 Å². The average molecular weight is 264 g/mol. The van der Waals surface area contributed by atoms with E-state index in [1.807, 2.05) is 0 Å². The molecule has 0 atom stereocenters. The normalized spacial score (nSPS) is 11.3. The van der Waals surface area contributed by atoms with E-state index < -0.39 is 20.4 Å². The molecule has 0 unspecified atom stereocenters. The molecule has 16 heavy (non-hydrogen) atoms. The Labute approximate surface area is 98.1 Å². The zero-order valence-corrected chi connectivity index (χ0v) is 9.87. The minimum Gasteiger partial charge on any atom is -0.258 e.